The van der Waals surface area contributed by atoms with E-state index in [0.717, 1.165) is 55.7 Å². The predicted molar refractivity (Wildman–Crippen MR) is 136 cm³/mol. The Kier molecular flexibility index (Phi) is 7.37. The second-order valence-electron chi connectivity index (χ2n) is 10.1. The van der Waals surface area contributed by atoms with E-state index in [2.05, 4.69) is 13.8 Å². The summed E-state index contributed by atoms with van der Waals surface area (Å²) in [7, 11) is 0. The van der Waals surface area contributed by atoms with Crippen molar-refractivity contribution < 1.29 is 18.7 Å². The molecular weight excluding hydrogens is 457 g/mol. The second-order valence-corrected chi connectivity index (χ2v) is 10.1. The third kappa shape index (κ3) is 5.31. The van der Waals surface area contributed by atoms with E-state index in [1.165, 1.54) is 12.1 Å². The van der Waals surface area contributed by atoms with Crippen molar-refractivity contribution in [3.8, 4) is 17.3 Å². The van der Waals surface area contributed by atoms with Crippen molar-refractivity contribution in [1.82, 2.24) is 14.7 Å². The molecule has 1 saturated heterocycles. The Balaban J connectivity index is 1.57. The Morgan fingerprint density at radius 1 is 1.14 bits per heavy atom. The highest BCUT2D eigenvalue weighted by Gasteiger charge is 2.34. The summed E-state index contributed by atoms with van der Waals surface area (Å²) >= 11 is 0. The van der Waals surface area contributed by atoms with Crippen LogP contribution in [0.4, 0.5) is 4.39 Å². The molecule has 5 rings (SSSR count). The molecule has 36 heavy (non-hydrogen) atoms. The lowest BCUT2D eigenvalue weighted by Gasteiger charge is -2.33. The van der Waals surface area contributed by atoms with Gasteiger partial charge in [-0.2, -0.15) is 5.10 Å². The number of carbonyl (C=O) groups excluding carboxylic acids is 1. The minimum atomic E-state index is -0.371. The van der Waals surface area contributed by atoms with Gasteiger partial charge in [0.25, 0.3) is 0 Å². The first-order valence-electron chi connectivity index (χ1n) is 13.0. The van der Waals surface area contributed by atoms with E-state index in [1.54, 1.807) is 16.8 Å². The number of amides is 1. The summed E-state index contributed by atoms with van der Waals surface area (Å²) in [6, 6.07) is 15.9. The van der Waals surface area contributed by atoms with Gasteiger partial charge in [0.05, 0.1) is 29.6 Å². The molecule has 1 atom stereocenters. The van der Waals surface area contributed by atoms with Gasteiger partial charge in [-0.25, -0.2) is 9.07 Å². The van der Waals surface area contributed by atoms with Gasteiger partial charge < -0.3 is 14.4 Å². The molecule has 190 valence electrons. The lowest BCUT2D eigenvalue weighted by atomic mass is 9.84. The summed E-state index contributed by atoms with van der Waals surface area (Å²) in [4.78, 5) is 15.5. The number of rotatable bonds is 9. The second kappa shape index (κ2) is 10.8. The Bertz CT molecular complexity index is 1180. The fraction of sp³-hybridized carbons (Fsp3) is 0.448. The molecule has 1 aliphatic heterocycles. The quantitative estimate of drug-likeness (QED) is 0.356. The lowest BCUT2D eigenvalue weighted by molar-refractivity contribution is -0.140. The molecular formula is C29H34FN3O3. The van der Waals surface area contributed by atoms with Crippen LogP contribution < -0.4 is 4.74 Å². The fourth-order valence-corrected chi connectivity index (χ4v) is 4.93. The van der Waals surface area contributed by atoms with Crippen molar-refractivity contribution in [3.05, 3.63) is 71.7 Å². The van der Waals surface area contributed by atoms with Crippen LogP contribution in [0.3, 0.4) is 0 Å². The van der Waals surface area contributed by atoms with Crippen molar-refractivity contribution in [2.75, 3.05) is 13.2 Å². The molecule has 0 bridgehead atoms. The first-order chi connectivity index (χ1) is 17.5. The van der Waals surface area contributed by atoms with Gasteiger partial charge in [-0.1, -0.05) is 44.5 Å². The summed E-state index contributed by atoms with van der Waals surface area (Å²) < 4.78 is 28.1. The van der Waals surface area contributed by atoms with Gasteiger partial charge >= 0.3 is 0 Å². The van der Waals surface area contributed by atoms with Crippen LogP contribution in [-0.2, 0) is 16.1 Å². The number of hydrogen-bond acceptors (Lipinski definition) is 4. The highest BCUT2D eigenvalue weighted by Crippen LogP contribution is 2.36. The topological polar surface area (TPSA) is 56.6 Å². The average Bonchev–Trinajstić information content (AvgIpc) is 3.46. The zero-order valence-electron chi connectivity index (χ0n) is 21.0. The molecule has 7 heteroatoms. The van der Waals surface area contributed by atoms with Crippen molar-refractivity contribution in [2.45, 2.75) is 64.5 Å². The fourth-order valence-electron chi connectivity index (χ4n) is 4.93. The number of benzene rings is 2. The number of halogens is 1. The third-order valence-corrected chi connectivity index (χ3v) is 7.09. The van der Waals surface area contributed by atoms with Gasteiger partial charge in [-0.3, -0.25) is 4.79 Å². The highest BCUT2D eigenvalue weighted by molar-refractivity contribution is 5.79. The van der Waals surface area contributed by atoms with E-state index in [-0.39, 0.29) is 29.7 Å². The largest absolute Gasteiger partial charge is 0.438 e. The van der Waals surface area contributed by atoms with Crippen LogP contribution in [-0.4, -0.2) is 39.8 Å². The molecule has 0 spiro atoms. The smallest absolute Gasteiger partial charge is 0.227 e. The number of aromatic nitrogens is 2. The number of para-hydroxylation sites is 1. The SMILES string of the molecule is CC(C)c1nn(-c2ccccc2)c(Oc2cccc(F)c2)c1CN(C[C@H]1CCCO1)C(=O)C1CCC1. The third-order valence-electron chi connectivity index (χ3n) is 7.09. The molecule has 1 aliphatic carbocycles. The molecule has 2 fully saturated rings. The summed E-state index contributed by atoms with van der Waals surface area (Å²) in [5.41, 5.74) is 2.56. The van der Waals surface area contributed by atoms with E-state index < -0.39 is 0 Å². The normalized spacial score (nSPS) is 17.8. The van der Waals surface area contributed by atoms with Crippen LogP contribution in [0.15, 0.2) is 54.6 Å². The average molecular weight is 492 g/mol. The molecule has 2 aromatic carbocycles. The summed E-state index contributed by atoms with van der Waals surface area (Å²) in [5, 5.41) is 4.95. The molecule has 2 heterocycles. The first-order valence-corrected chi connectivity index (χ1v) is 13.0. The van der Waals surface area contributed by atoms with Gasteiger partial charge in [0, 0.05) is 25.1 Å². The molecule has 1 amide bonds. The summed E-state index contributed by atoms with van der Waals surface area (Å²) in [6.45, 7) is 5.85. The number of carbonyl (C=O) groups is 1. The van der Waals surface area contributed by atoms with E-state index in [0.29, 0.717) is 24.7 Å². The highest BCUT2D eigenvalue weighted by atomic mass is 19.1. The van der Waals surface area contributed by atoms with Crippen molar-refractivity contribution in [2.24, 2.45) is 5.92 Å². The van der Waals surface area contributed by atoms with Gasteiger partial charge in [0.1, 0.15) is 11.6 Å². The van der Waals surface area contributed by atoms with Gasteiger partial charge in [-0.05, 0) is 55.9 Å². The molecule has 0 radical (unpaired) electrons. The first kappa shape index (κ1) is 24.5. The van der Waals surface area contributed by atoms with Gasteiger partial charge in [-0.15, -0.1) is 0 Å². The maximum Gasteiger partial charge on any atom is 0.227 e. The minimum Gasteiger partial charge on any atom is -0.438 e. The Labute approximate surface area is 212 Å². The summed E-state index contributed by atoms with van der Waals surface area (Å²) in [5.74, 6) is 0.877. The standard InChI is InChI=1S/C29H34FN3O3/c1-20(2)27-26(19-32(18-25-15-8-16-35-25)28(34)21-9-6-10-21)29(36-24-14-7-11-22(30)17-24)33(31-27)23-12-4-3-5-13-23/h3-5,7,11-14,17,20-21,25H,6,8-10,15-16,18-19H2,1-2H3/t25-/m1/s1. The molecule has 0 N–H and O–H groups in total. The van der Waals surface area contributed by atoms with Crippen LogP contribution in [0.5, 0.6) is 11.6 Å². The van der Waals surface area contributed by atoms with Gasteiger partial charge in [0.2, 0.25) is 11.8 Å². The molecule has 1 aromatic heterocycles. The van der Waals surface area contributed by atoms with E-state index >= 15 is 0 Å². The Morgan fingerprint density at radius 3 is 2.58 bits per heavy atom. The van der Waals surface area contributed by atoms with Crippen LogP contribution in [0.2, 0.25) is 0 Å². The number of nitrogens with zero attached hydrogens (tertiary/aromatic N) is 3. The molecule has 1 saturated carbocycles. The maximum absolute atomic E-state index is 14.0. The van der Waals surface area contributed by atoms with Crippen LogP contribution in [0.25, 0.3) is 5.69 Å². The lowest BCUT2D eigenvalue weighted by Crippen LogP contribution is -2.42. The Morgan fingerprint density at radius 2 is 1.94 bits per heavy atom. The Hall–Kier alpha value is -3.19. The monoisotopic (exact) mass is 491 g/mol. The van der Waals surface area contributed by atoms with Crippen molar-refractivity contribution in [3.63, 3.8) is 0 Å². The summed E-state index contributed by atoms with van der Waals surface area (Å²) in [6.07, 6.45) is 5.01. The molecule has 2 aliphatic rings. The minimum absolute atomic E-state index is 0.0493. The zero-order valence-corrected chi connectivity index (χ0v) is 21.0. The number of hydrogen-bond donors (Lipinski definition) is 0. The maximum atomic E-state index is 14.0. The van der Waals surface area contributed by atoms with Crippen molar-refractivity contribution >= 4 is 5.91 Å². The van der Waals surface area contributed by atoms with E-state index in [4.69, 9.17) is 14.6 Å². The van der Waals surface area contributed by atoms with E-state index in [1.807, 2.05) is 35.2 Å². The zero-order chi connectivity index (χ0) is 25.1. The predicted octanol–water partition coefficient (Wildman–Crippen LogP) is 6.23. The molecule has 3 aromatic rings. The van der Waals surface area contributed by atoms with Gasteiger partial charge in [0.15, 0.2) is 0 Å². The van der Waals surface area contributed by atoms with Crippen LogP contribution in [0.1, 0.15) is 63.1 Å². The molecule has 6 nitrogen and oxygen atoms in total. The van der Waals surface area contributed by atoms with Crippen LogP contribution >= 0.6 is 0 Å². The number of ether oxygens (including phenoxy) is 2. The van der Waals surface area contributed by atoms with Crippen molar-refractivity contribution in [1.29, 1.82) is 0 Å². The van der Waals surface area contributed by atoms with Crippen LogP contribution in [0, 0.1) is 11.7 Å². The molecule has 0 unspecified atom stereocenters. The van der Waals surface area contributed by atoms with E-state index in [9.17, 15) is 9.18 Å².